The molecule has 3 nitrogen and oxygen atoms in total. The molecule has 1 heterocycles. The van der Waals surface area contributed by atoms with E-state index in [1.807, 2.05) is 42.5 Å². The Morgan fingerprint density at radius 3 is 2.30 bits per heavy atom. The van der Waals surface area contributed by atoms with Crippen molar-refractivity contribution in [2.24, 2.45) is 0 Å². The van der Waals surface area contributed by atoms with Crippen molar-refractivity contribution in [2.45, 2.75) is 13.8 Å². The summed E-state index contributed by atoms with van der Waals surface area (Å²) in [4.78, 5) is 9.20. The Labute approximate surface area is 159 Å². The van der Waals surface area contributed by atoms with Gasteiger partial charge in [0.25, 0.3) is 0 Å². The van der Waals surface area contributed by atoms with Crippen LogP contribution in [0, 0.1) is 19.9 Å². The first-order valence-electron chi connectivity index (χ1n) is 8.94. The Morgan fingerprint density at radius 1 is 0.778 bits per heavy atom. The van der Waals surface area contributed by atoms with Gasteiger partial charge in [-0.1, -0.05) is 48.5 Å². The summed E-state index contributed by atoms with van der Waals surface area (Å²) in [6, 6.07) is 25.6. The fourth-order valence-electron chi connectivity index (χ4n) is 3.37. The maximum atomic E-state index is 4.65. The normalized spacial score (nSPS) is 10.6. The van der Waals surface area contributed by atoms with Gasteiger partial charge >= 0.3 is 0 Å². The molecule has 131 valence electrons. The molecule has 3 heteroatoms. The van der Waals surface area contributed by atoms with E-state index in [1.165, 1.54) is 16.7 Å². The predicted octanol–water partition coefficient (Wildman–Crippen LogP) is 5.97. The van der Waals surface area contributed by atoms with Gasteiger partial charge in [0.2, 0.25) is 0 Å². The minimum Gasteiger partial charge on any atom is -0.338 e. The molecule has 0 aliphatic rings. The average Bonchev–Trinajstić information content (AvgIpc) is 2.70. The third-order valence-corrected chi connectivity index (χ3v) is 4.60. The lowest BCUT2D eigenvalue weighted by Gasteiger charge is -2.16. The Kier molecular flexibility index (Phi) is 4.67. The predicted molar refractivity (Wildman–Crippen MR) is 111 cm³/mol. The van der Waals surface area contributed by atoms with Gasteiger partial charge in [-0.15, -0.1) is 0 Å². The molecule has 0 saturated heterocycles. The highest BCUT2D eigenvalue weighted by atomic mass is 15.0. The van der Waals surface area contributed by atoms with Crippen molar-refractivity contribution in [1.82, 2.24) is 9.97 Å². The molecular weight excluding hydrogens is 330 g/mol. The summed E-state index contributed by atoms with van der Waals surface area (Å²) < 4.78 is 0. The van der Waals surface area contributed by atoms with Gasteiger partial charge < -0.3 is 5.32 Å². The Hall–Kier alpha value is -3.46. The highest BCUT2D eigenvalue weighted by molar-refractivity contribution is 5.89. The molecule has 0 aliphatic heterocycles. The zero-order chi connectivity index (χ0) is 18.6. The molecule has 1 radical (unpaired) electrons. The van der Waals surface area contributed by atoms with E-state index in [9.17, 15) is 0 Å². The highest BCUT2D eigenvalue weighted by Gasteiger charge is 2.15. The number of hydrogen-bond acceptors (Lipinski definition) is 3. The van der Waals surface area contributed by atoms with E-state index in [1.54, 1.807) is 12.4 Å². The van der Waals surface area contributed by atoms with Crippen molar-refractivity contribution in [3.8, 4) is 22.4 Å². The van der Waals surface area contributed by atoms with Crippen LogP contribution in [0.1, 0.15) is 11.1 Å². The molecule has 3 aromatic carbocycles. The van der Waals surface area contributed by atoms with Crippen molar-refractivity contribution in [1.29, 1.82) is 0 Å². The van der Waals surface area contributed by atoms with Crippen molar-refractivity contribution in [3.63, 3.8) is 0 Å². The maximum Gasteiger partial charge on any atom is 0.157 e. The second kappa shape index (κ2) is 7.42. The number of rotatable bonds is 4. The topological polar surface area (TPSA) is 37.8 Å². The number of nitrogens with one attached hydrogen (secondary N) is 1. The summed E-state index contributed by atoms with van der Waals surface area (Å²) in [5, 5.41) is 3.40. The molecular formula is C24H20N3. The minimum absolute atomic E-state index is 0.738. The summed E-state index contributed by atoms with van der Waals surface area (Å²) in [5.74, 6) is 0.738. The smallest absolute Gasteiger partial charge is 0.157 e. The molecule has 0 bridgehead atoms. The van der Waals surface area contributed by atoms with Crippen LogP contribution in [-0.4, -0.2) is 9.97 Å². The van der Waals surface area contributed by atoms with E-state index < -0.39 is 0 Å². The van der Waals surface area contributed by atoms with Gasteiger partial charge in [-0.25, -0.2) is 4.98 Å². The number of para-hydroxylation sites is 1. The summed E-state index contributed by atoms with van der Waals surface area (Å²) in [7, 11) is 0. The Bertz CT molecular complexity index is 1050. The molecule has 0 aliphatic carbocycles. The number of nitrogens with zero attached hydrogens (tertiary/aromatic N) is 2. The first-order valence-corrected chi connectivity index (χ1v) is 8.94. The fraction of sp³-hybridized carbons (Fsp3) is 0.0833. The van der Waals surface area contributed by atoms with Crippen LogP contribution in [0.2, 0.25) is 0 Å². The van der Waals surface area contributed by atoms with Gasteiger partial charge in [-0.3, -0.25) is 4.98 Å². The van der Waals surface area contributed by atoms with E-state index in [0.717, 1.165) is 28.3 Å². The van der Waals surface area contributed by atoms with Gasteiger partial charge in [0.05, 0.1) is 0 Å². The van der Waals surface area contributed by atoms with Gasteiger partial charge in [-0.2, -0.15) is 0 Å². The van der Waals surface area contributed by atoms with Crippen molar-refractivity contribution >= 4 is 11.5 Å². The van der Waals surface area contributed by atoms with Crippen LogP contribution >= 0.6 is 0 Å². The lowest BCUT2D eigenvalue weighted by Crippen LogP contribution is -2.00. The number of benzene rings is 3. The van der Waals surface area contributed by atoms with Crippen LogP contribution in [-0.2, 0) is 0 Å². The highest BCUT2D eigenvalue weighted by Crippen LogP contribution is 2.37. The zero-order valence-electron chi connectivity index (χ0n) is 15.4. The van der Waals surface area contributed by atoms with Gasteiger partial charge in [-0.05, 0) is 60.4 Å². The first-order chi connectivity index (χ1) is 13.2. The van der Waals surface area contributed by atoms with E-state index in [2.05, 4.69) is 59.5 Å². The lowest BCUT2D eigenvalue weighted by molar-refractivity contribution is 1.20. The second-order valence-electron chi connectivity index (χ2n) is 6.48. The fourth-order valence-corrected chi connectivity index (χ4v) is 3.37. The molecule has 0 unspecified atom stereocenters. The minimum atomic E-state index is 0.738. The molecule has 1 aromatic heterocycles. The second-order valence-corrected chi connectivity index (χ2v) is 6.48. The van der Waals surface area contributed by atoms with E-state index in [0.29, 0.717) is 0 Å². The largest absolute Gasteiger partial charge is 0.338 e. The summed E-state index contributed by atoms with van der Waals surface area (Å²) in [6.45, 7) is 4.28. The SMILES string of the molecule is Cc1cccc(C)c1-c1c[c]ccc1-c1nccnc1Nc1ccccc1. The summed E-state index contributed by atoms with van der Waals surface area (Å²) >= 11 is 0. The molecule has 0 atom stereocenters. The van der Waals surface area contributed by atoms with E-state index in [-0.39, 0.29) is 0 Å². The van der Waals surface area contributed by atoms with E-state index >= 15 is 0 Å². The van der Waals surface area contributed by atoms with Gasteiger partial charge in [0.15, 0.2) is 5.82 Å². The molecule has 0 spiro atoms. The maximum absolute atomic E-state index is 4.65. The molecule has 4 aromatic rings. The third kappa shape index (κ3) is 3.44. The monoisotopic (exact) mass is 350 g/mol. The van der Waals surface area contributed by atoms with Crippen molar-refractivity contribution < 1.29 is 0 Å². The molecule has 1 N–H and O–H groups in total. The van der Waals surface area contributed by atoms with E-state index in [4.69, 9.17) is 0 Å². The van der Waals surface area contributed by atoms with Crippen LogP contribution in [0.15, 0.2) is 79.1 Å². The number of aromatic nitrogens is 2. The van der Waals surface area contributed by atoms with Gasteiger partial charge in [0.1, 0.15) is 5.69 Å². The summed E-state index contributed by atoms with van der Waals surface area (Å²) in [6.07, 6.45) is 3.44. The van der Waals surface area contributed by atoms with Crippen molar-refractivity contribution in [3.05, 3.63) is 96.3 Å². The standard InChI is InChI=1S/C24H20N3/c1-17-9-8-10-18(2)22(17)20-13-6-7-14-21(20)23-24(26-16-15-25-23)27-19-11-4-3-5-12-19/h3-5,7-16H,1-2H3,(H,26,27). The molecule has 0 saturated carbocycles. The number of hydrogen-bond donors (Lipinski definition) is 1. The van der Waals surface area contributed by atoms with Crippen LogP contribution in [0.5, 0.6) is 0 Å². The molecule has 27 heavy (non-hydrogen) atoms. The van der Waals surface area contributed by atoms with Crippen LogP contribution in [0.4, 0.5) is 11.5 Å². The quantitative estimate of drug-likeness (QED) is 0.492. The Morgan fingerprint density at radius 2 is 1.52 bits per heavy atom. The van der Waals surface area contributed by atoms with Crippen molar-refractivity contribution in [2.75, 3.05) is 5.32 Å². The van der Waals surface area contributed by atoms with Crippen LogP contribution in [0.25, 0.3) is 22.4 Å². The van der Waals surface area contributed by atoms with Crippen LogP contribution in [0.3, 0.4) is 0 Å². The zero-order valence-corrected chi connectivity index (χ0v) is 15.4. The first kappa shape index (κ1) is 17.0. The molecule has 4 rings (SSSR count). The molecule has 0 amide bonds. The number of aryl methyl sites for hydroxylation is 2. The van der Waals surface area contributed by atoms with Gasteiger partial charge in [0, 0.05) is 23.6 Å². The molecule has 0 fully saturated rings. The van der Waals surface area contributed by atoms with Crippen LogP contribution < -0.4 is 5.32 Å². The third-order valence-electron chi connectivity index (χ3n) is 4.60. The number of anilines is 2. The average molecular weight is 350 g/mol. The Balaban J connectivity index is 1.87. The summed E-state index contributed by atoms with van der Waals surface area (Å²) in [5.41, 5.74) is 7.65. The lowest BCUT2D eigenvalue weighted by atomic mass is 9.91.